The predicted octanol–water partition coefficient (Wildman–Crippen LogP) is 4.69. The number of aliphatic carboxylic acids is 1. The van der Waals surface area contributed by atoms with Gasteiger partial charge in [-0.3, -0.25) is 5.01 Å². The van der Waals surface area contributed by atoms with Crippen LogP contribution in [0.1, 0.15) is 17.8 Å². The van der Waals surface area contributed by atoms with Crippen LogP contribution in [0.15, 0.2) is 40.8 Å². The first-order valence-electron chi connectivity index (χ1n) is 6.58. The number of rotatable bonds is 3. The Hall–Kier alpha value is -1.56. The lowest BCUT2D eigenvalue weighted by molar-refractivity contribution is -0.129. The fourth-order valence-electron chi connectivity index (χ4n) is 2.57. The highest BCUT2D eigenvalue weighted by Gasteiger charge is 2.40. The standard InChI is InChI=1S/C15H12Cl2N2O2S/c1-8-13(15(20)21)18-19(14(8)12-3-2-6-22-12)11-5-4-9(16)7-10(11)17/h2-8,14H,1H3,(H,20,21)/t8-,14+/m0/s1. The summed E-state index contributed by atoms with van der Waals surface area (Å²) in [6, 6.07) is 8.82. The number of hydrogen-bond donors (Lipinski definition) is 1. The first kappa shape index (κ1) is 15.3. The van der Waals surface area contributed by atoms with Crippen LogP contribution in [-0.2, 0) is 4.79 Å². The van der Waals surface area contributed by atoms with E-state index in [2.05, 4.69) is 5.10 Å². The zero-order valence-corrected chi connectivity index (χ0v) is 13.9. The van der Waals surface area contributed by atoms with Crippen LogP contribution in [0.2, 0.25) is 10.0 Å². The maximum atomic E-state index is 11.4. The lowest BCUT2D eigenvalue weighted by Gasteiger charge is -2.26. The molecule has 1 N–H and O–H groups in total. The van der Waals surface area contributed by atoms with Gasteiger partial charge in [0.15, 0.2) is 5.71 Å². The highest BCUT2D eigenvalue weighted by atomic mass is 35.5. The van der Waals surface area contributed by atoms with Crippen molar-refractivity contribution >= 4 is 51.9 Å². The van der Waals surface area contributed by atoms with Crippen molar-refractivity contribution in [3.8, 4) is 0 Å². The molecule has 2 aromatic rings. The largest absolute Gasteiger partial charge is 0.477 e. The molecule has 2 atom stereocenters. The van der Waals surface area contributed by atoms with Crippen LogP contribution in [0.4, 0.5) is 5.69 Å². The van der Waals surface area contributed by atoms with Crippen LogP contribution < -0.4 is 5.01 Å². The van der Waals surface area contributed by atoms with E-state index < -0.39 is 5.97 Å². The van der Waals surface area contributed by atoms with Crippen molar-refractivity contribution < 1.29 is 9.90 Å². The van der Waals surface area contributed by atoms with Gasteiger partial charge in [0.25, 0.3) is 0 Å². The second kappa shape index (κ2) is 5.91. The summed E-state index contributed by atoms with van der Waals surface area (Å²) >= 11 is 13.8. The highest BCUT2D eigenvalue weighted by Crippen LogP contribution is 2.43. The molecule has 0 saturated carbocycles. The van der Waals surface area contributed by atoms with E-state index in [1.165, 1.54) is 0 Å². The van der Waals surface area contributed by atoms with Gasteiger partial charge in [-0.1, -0.05) is 36.2 Å². The third kappa shape index (κ3) is 2.60. The molecule has 1 aliphatic rings. The van der Waals surface area contributed by atoms with Gasteiger partial charge in [0.2, 0.25) is 0 Å². The van der Waals surface area contributed by atoms with Gasteiger partial charge in [0.1, 0.15) is 0 Å². The van der Waals surface area contributed by atoms with Gasteiger partial charge < -0.3 is 5.11 Å². The van der Waals surface area contributed by atoms with E-state index in [1.807, 2.05) is 24.4 Å². The Kier molecular flexibility index (Phi) is 4.12. The summed E-state index contributed by atoms with van der Waals surface area (Å²) in [5.41, 5.74) is 0.775. The van der Waals surface area contributed by atoms with Gasteiger partial charge in [0.05, 0.1) is 16.8 Å². The molecule has 22 heavy (non-hydrogen) atoms. The molecule has 0 radical (unpaired) electrons. The molecular formula is C15H12Cl2N2O2S. The summed E-state index contributed by atoms with van der Waals surface area (Å²) < 4.78 is 0. The van der Waals surface area contributed by atoms with Crippen LogP contribution in [0.5, 0.6) is 0 Å². The summed E-state index contributed by atoms with van der Waals surface area (Å²) in [5, 5.41) is 18.3. The number of halogens is 2. The van der Waals surface area contributed by atoms with Crippen LogP contribution >= 0.6 is 34.5 Å². The molecule has 4 nitrogen and oxygen atoms in total. The Balaban J connectivity index is 2.10. The van der Waals surface area contributed by atoms with Crippen molar-refractivity contribution in [1.29, 1.82) is 0 Å². The summed E-state index contributed by atoms with van der Waals surface area (Å²) in [4.78, 5) is 12.5. The zero-order valence-electron chi connectivity index (χ0n) is 11.5. The van der Waals surface area contributed by atoms with Crippen molar-refractivity contribution in [2.45, 2.75) is 13.0 Å². The number of hydrazone groups is 1. The van der Waals surface area contributed by atoms with Crippen molar-refractivity contribution in [2.75, 3.05) is 5.01 Å². The molecule has 3 rings (SSSR count). The molecule has 0 aliphatic carbocycles. The first-order valence-corrected chi connectivity index (χ1v) is 8.22. The Bertz CT molecular complexity index is 746. The second-order valence-corrected chi connectivity index (χ2v) is 6.80. The van der Waals surface area contributed by atoms with E-state index in [4.69, 9.17) is 23.2 Å². The van der Waals surface area contributed by atoms with Crippen LogP contribution in [0.3, 0.4) is 0 Å². The predicted molar refractivity (Wildman–Crippen MR) is 90.2 cm³/mol. The molecule has 0 spiro atoms. The molecule has 0 unspecified atom stereocenters. The fourth-order valence-corrected chi connectivity index (χ4v) is 3.98. The van der Waals surface area contributed by atoms with Crippen LogP contribution in [0, 0.1) is 5.92 Å². The molecule has 0 bridgehead atoms. The quantitative estimate of drug-likeness (QED) is 0.869. The Morgan fingerprint density at radius 3 is 2.73 bits per heavy atom. The van der Waals surface area contributed by atoms with Crippen molar-refractivity contribution in [2.24, 2.45) is 11.0 Å². The molecule has 1 aromatic carbocycles. The Labute approximate surface area is 141 Å². The summed E-state index contributed by atoms with van der Waals surface area (Å²) in [6.45, 7) is 1.86. The molecule has 114 valence electrons. The Morgan fingerprint density at radius 1 is 1.36 bits per heavy atom. The first-order chi connectivity index (χ1) is 10.5. The molecule has 0 saturated heterocycles. The van der Waals surface area contributed by atoms with E-state index >= 15 is 0 Å². The van der Waals surface area contributed by atoms with E-state index in [1.54, 1.807) is 34.5 Å². The van der Waals surface area contributed by atoms with Gasteiger partial charge in [-0.25, -0.2) is 4.79 Å². The summed E-state index contributed by atoms with van der Waals surface area (Å²) in [7, 11) is 0. The lowest BCUT2D eigenvalue weighted by atomic mass is 9.96. The fraction of sp³-hybridized carbons (Fsp3) is 0.200. The normalized spacial score (nSPS) is 21.0. The van der Waals surface area contributed by atoms with E-state index in [9.17, 15) is 9.90 Å². The lowest BCUT2D eigenvalue weighted by Crippen LogP contribution is -2.25. The number of thiophene rings is 1. The molecule has 7 heteroatoms. The summed E-state index contributed by atoms with van der Waals surface area (Å²) in [6.07, 6.45) is 0. The van der Waals surface area contributed by atoms with Gasteiger partial charge in [0, 0.05) is 15.8 Å². The van der Waals surface area contributed by atoms with E-state index in [0.29, 0.717) is 15.7 Å². The average Bonchev–Trinajstić information content (AvgIpc) is 3.06. The van der Waals surface area contributed by atoms with Crippen LogP contribution in [-0.4, -0.2) is 16.8 Å². The summed E-state index contributed by atoms with van der Waals surface area (Å²) in [5.74, 6) is -1.26. The van der Waals surface area contributed by atoms with Crippen molar-refractivity contribution in [1.82, 2.24) is 0 Å². The molecule has 0 amide bonds. The van der Waals surface area contributed by atoms with Crippen LogP contribution in [0.25, 0.3) is 0 Å². The SMILES string of the molecule is C[C@H]1C(C(=O)O)=NN(c2ccc(Cl)cc2Cl)[C@H]1c1cccs1. The maximum absolute atomic E-state index is 11.4. The number of nitrogens with zero attached hydrogens (tertiary/aromatic N) is 2. The van der Waals surface area contributed by atoms with Gasteiger partial charge in [-0.05, 0) is 29.6 Å². The molecule has 2 heterocycles. The second-order valence-electron chi connectivity index (χ2n) is 4.98. The molecular weight excluding hydrogens is 343 g/mol. The third-order valence-electron chi connectivity index (χ3n) is 3.59. The number of hydrogen-bond acceptors (Lipinski definition) is 4. The van der Waals surface area contributed by atoms with E-state index in [0.717, 1.165) is 4.88 Å². The van der Waals surface area contributed by atoms with Crippen molar-refractivity contribution in [3.63, 3.8) is 0 Å². The van der Waals surface area contributed by atoms with Gasteiger partial charge in [-0.15, -0.1) is 11.3 Å². The molecule has 1 aliphatic heterocycles. The minimum atomic E-state index is -1.01. The minimum absolute atomic E-state index is 0.129. The topological polar surface area (TPSA) is 52.9 Å². The number of carboxylic acids is 1. The maximum Gasteiger partial charge on any atom is 0.352 e. The monoisotopic (exact) mass is 354 g/mol. The van der Waals surface area contributed by atoms with E-state index in [-0.39, 0.29) is 17.7 Å². The van der Waals surface area contributed by atoms with Gasteiger partial charge in [-0.2, -0.15) is 5.10 Å². The highest BCUT2D eigenvalue weighted by molar-refractivity contribution is 7.10. The number of benzene rings is 1. The third-order valence-corrected chi connectivity index (χ3v) is 5.08. The Morgan fingerprint density at radius 2 is 2.14 bits per heavy atom. The molecule has 1 aromatic heterocycles. The number of anilines is 1. The smallest absolute Gasteiger partial charge is 0.352 e. The zero-order chi connectivity index (χ0) is 15.9. The van der Waals surface area contributed by atoms with Gasteiger partial charge >= 0.3 is 5.97 Å². The number of carbonyl (C=O) groups is 1. The average molecular weight is 355 g/mol. The van der Waals surface area contributed by atoms with Crippen molar-refractivity contribution in [3.05, 3.63) is 50.6 Å². The minimum Gasteiger partial charge on any atom is -0.477 e. The number of carboxylic acid groups (broad SMARTS) is 1. The molecule has 0 fully saturated rings.